The number of H-pyrrole nitrogens is 1. The third-order valence-electron chi connectivity index (χ3n) is 5.58. The summed E-state index contributed by atoms with van der Waals surface area (Å²) < 4.78 is 5.37. The van der Waals surface area contributed by atoms with Crippen LogP contribution >= 0.6 is 0 Å². The van der Waals surface area contributed by atoms with Crippen molar-refractivity contribution in [3.05, 3.63) is 35.5 Å². The number of nitrogens with one attached hydrogen (secondary N) is 1. The van der Waals surface area contributed by atoms with Gasteiger partial charge in [-0.1, -0.05) is 0 Å². The van der Waals surface area contributed by atoms with E-state index in [9.17, 15) is 9.59 Å². The Morgan fingerprint density at radius 2 is 2.14 bits per heavy atom. The molecule has 1 N–H and O–H groups in total. The molecule has 1 aromatic carbocycles. The first kappa shape index (κ1) is 18.7. The van der Waals surface area contributed by atoms with Gasteiger partial charge in [0.25, 0.3) is 0 Å². The highest BCUT2D eigenvalue weighted by molar-refractivity contribution is 5.89. The Bertz CT molecular complexity index is 857. The second kappa shape index (κ2) is 7.75. The van der Waals surface area contributed by atoms with Crippen LogP contribution in [0.1, 0.15) is 36.2 Å². The highest BCUT2D eigenvalue weighted by Gasteiger charge is 2.36. The minimum Gasteiger partial charge on any atom is -0.378 e. The summed E-state index contributed by atoms with van der Waals surface area (Å²) in [6, 6.07) is 6.08. The van der Waals surface area contributed by atoms with Crippen LogP contribution in [0.2, 0.25) is 0 Å². The molecule has 1 saturated heterocycles. The summed E-state index contributed by atoms with van der Waals surface area (Å²) in [6.45, 7) is 6.83. The average molecular weight is 382 g/mol. The van der Waals surface area contributed by atoms with Crippen molar-refractivity contribution in [3.63, 3.8) is 0 Å². The molecule has 1 fully saturated rings. The molecule has 2 aliphatic rings. The van der Waals surface area contributed by atoms with Gasteiger partial charge in [-0.2, -0.15) is 5.10 Å². The highest BCUT2D eigenvalue weighted by Crippen LogP contribution is 2.43. The number of hydrogen-bond donors (Lipinski definition) is 1. The maximum absolute atomic E-state index is 12.9. The van der Waals surface area contributed by atoms with E-state index < -0.39 is 0 Å². The van der Waals surface area contributed by atoms with Crippen molar-refractivity contribution in [2.24, 2.45) is 0 Å². The molecule has 28 heavy (non-hydrogen) atoms. The van der Waals surface area contributed by atoms with Gasteiger partial charge >= 0.3 is 0 Å². The number of fused-ring (bicyclic) bond motifs is 1. The maximum Gasteiger partial charge on any atom is 0.224 e. The normalized spacial score (nSPS) is 19.2. The maximum atomic E-state index is 12.9. The molecule has 148 valence electrons. The van der Waals surface area contributed by atoms with Crippen LogP contribution in [-0.4, -0.2) is 65.7 Å². The molecule has 0 radical (unpaired) electrons. The first-order valence-electron chi connectivity index (χ1n) is 9.84. The molecule has 0 saturated carbocycles. The number of carbonyl (C=O) groups excluding carboxylic acids is 2. The predicted molar refractivity (Wildman–Crippen MR) is 107 cm³/mol. The van der Waals surface area contributed by atoms with Crippen LogP contribution in [0.4, 0.5) is 5.69 Å². The fourth-order valence-corrected chi connectivity index (χ4v) is 4.39. The van der Waals surface area contributed by atoms with Gasteiger partial charge in [0.2, 0.25) is 5.91 Å². The van der Waals surface area contributed by atoms with Crippen LogP contribution in [0.3, 0.4) is 0 Å². The van der Waals surface area contributed by atoms with Gasteiger partial charge in [-0.15, -0.1) is 0 Å². The molecule has 1 amide bonds. The molecule has 1 atom stereocenters. The van der Waals surface area contributed by atoms with E-state index in [2.05, 4.69) is 28.9 Å². The Balaban J connectivity index is 1.68. The van der Waals surface area contributed by atoms with Crippen LogP contribution < -0.4 is 4.90 Å². The van der Waals surface area contributed by atoms with E-state index in [1.807, 2.05) is 23.1 Å². The van der Waals surface area contributed by atoms with Gasteiger partial charge in [0.15, 0.2) is 0 Å². The number of hydrogen-bond acceptors (Lipinski definition) is 5. The van der Waals surface area contributed by atoms with Crippen molar-refractivity contribution in [2.75, 3.05) is 31.2 Å². The van der Waals surface area contributed by atoms with Crippen LogP contribution in [0.5, 0.6) is 0 Å². The Kier molecular flexibility index (Phi) is 5.17. The van der Waals surface area contributed by atoms with Crippen LogP contribution in [0, 0.1) is 0 Å². The van der Waals surface area contributed by atoms with Crippen molar-refractivity contribution in [1.29, 1.82) is 0 Å². The minimum atomic E-state index is 0.0777. The van der Waals surface area contributed by atoms with Gasteiger partial charge in [0.05, 0.1) is 18.9 Å². The van der Waals surface area contributed by atoms with E-state index in [1.165, 1.54) is 0 Å². The second-order valence-electron chi connectivity index (χ2n) is 7.72. The first-order chi connectivity index (χ1) is 13.6. The Morgan fingerprint density at radius 3 is 2.79 bits per heavy atom. The number of benzene rings is 1. The van der Waals surface area contributed by atoms with Crippen molar-refractivity contribution in [2.45, 2.75) is 38.8 Å². The van der Waals surface area contributed by atoms with Crippen molar-refractivity contribution in [3.8, 4) is 11.3 Å². The van der Waals surface area contributed by atoms with Gasteiger partial charge in [0, 0.05) is 54.6 Å². The SMILES string of the molecule is CC(C)N1c2c(cc(C=O)cc2-c2ccn[nH]2)CC1CC(=O)N1CCOCC1. The van der Waals surface area contributed by atoms with E-state index >= 15 is 0 Å². The van der Waals surface area contributed by atoms with Gasteiger partial charge in [0.1, 0.15) is 6.29 Å². The Labute approximate surface area is 164 Å². The zero-order valence-corrected chi connectivity index (χ0v) is 16.4. The van der Waals surface area contributed by atoms with E-state index in [-0.39, 0.29) is 18.0 Å². The van der Waals surface area contributed by atoms with Crippen LogP contribution in [0.25, 0.3) is 11.3 Å². The van der Waals surface area contributed by atoms with E-state index in [4.69, 9.17) is 4.74 Å². The highest BCUT2D eigenvalue weighted by atomic mass is 16.5. The van der Waals surface area contributed by atoms with Gasteiger partial charge < -0.3 is 14.5 Å². The van der Waals surface area contributed by atoms with Crippen molar-refractivity contribution >= 4 is 17.9 Å². The molecule has 1 aromatic heterocycles. The number of ether oxygens (including phenoxy) is 1. The molecular weight excluding hydrogens is 356 g/mol. The molecule has 3 heterocycles. The van der Waals surface area contributed by atoms with Crippen LogP contribution in [-0.2, 0) is 16.0 Å². The van der Waals surface area contributed by atoms with Crippen molar-refractivity contribution in [1.82, 2.24) is 15.1 Å². The number of amides is 1. The average Bonchev–Trinajstić information content (AvgIpc) is 3.35. The summed E-state index contributed by atoms with van der Waals surface area (Å²) in [5.41, 5.74) is 4.71. The number of aldehydes is 1. The fraction of sp³-hybridized carbons (Fsp3) is 0.476. The number of morpholine rings is 1. The van der Waals surface area contributed by atoms with Gasteiger partial charge in [-0.05, 0) is 44.0 Å². The summed E-state index contributed by atoms with van der Waals surface area (Å²) in [4.78, 5) is 28.6. The number of rotatable bonds is 5. The zero-order chi connectivity index (χ0) is 19.7. The number of aromatic nitrogens is 2. The number of aromatic amines is 1. The Morgan fingerprint density at radius 1 is 1.36 bits per heavy atom. The quantitative estimate of drug-likeness (QED) is 0.803. The summed E-state index contributed by atoms with van der Waals surface area (Å²) in [5, 5.41) is 7.09. The van der Waals surface area contributed by atoms with Crippen LogP contribution in [0.15, 0.2) is 24.4 Å². The minimum absolute atomic E-state index is 0.0777. The third-order valence-corrected chi connectivity index (χ3v) is 5.58. The third kappa shape index (κ3) is 3.42. The van der Waals surface area contributed by atoms with Gasteiger partial charge in [-0.3, -0.25) is 14.7 Å². The lowest BCUT2D eigenvalue weighted by atomic mass is 10.00. The van der Waals surface area contributed by atoms with Crippen molar-refractivity contribution < 1.29 is 14.3 Å². The predicted octanol–water partition coefficient (Wildman–Crippen LogP) is 2.28. The lowest BCUT2D eigenvalue weighted by Crippen LogP contribution is -2.45. The molecule has 0 bridgehead atoms. The molecule has 2 aromatic rings. The molecule has 0 spiro atoms. The molecular formula is C21H26N4O3. The monoisotopic (exact) mass is 382 g/mol. The summed E-state index contributed by atoms with van der Waals surface area (Å²) >= 11 is 0. The molecule has 2 aliphatic heterocycles. The van der Waals surface area contributed by atoms with E-state index in [1.54, 1.807) is 6.20 Å². The first-order valence-corrected chi connectivity index (χ1v) is 9.84. The molecule has 7 nitrogen and oxygen atoms in total. The zero-order valence-electron chi connectivity index (χ0n) is 16.4. The van der Waals surface area contributed by atoms with E-state index in [0.717, 1.165) is 35.2 Å². The Hall–Kier alpha value is -2.67. The standard InChI is InChI=1S/C21H26N4O3/c1-14(2)25-17(12-20(27)24-5-7-28-8-6-24)11-16-9-15(13-26)10-18(21(16)25)19-3-4-22-23-19/h3-4,9-10,13-14,17H,5-8,11-12H2,1-2H3,(H,22,23). The summed E-state index contributed by atoms with van der Waals surface area (Å²) in [7, 11) is 0. The number of anilines is 1. The smallest absolute Gasteiger partial charge is 0.224 e. The van der Waals surface area contributed by atoms with E-state index in [0.29, 0.717) is 38.3 Å². The lowest BCUT2D eigenvalue weighted by molar-refractivity contribution is -0.135. The fourth-order valence-electron chi connectivity index (χ4n) is 4.39. The lowest BCUT2D eigenvalue weighted by Gasteiger charge is -2.34. The molecule has 0 aliphatic carbocycles. The largest absolute Gasteiger partial charge is 0.378 e. The number of carbonyl (C=O) groups is 2. The molecule has 4 rings (SSSR count). The summed E-state index contributed by atoms with van der Waals surface area (Å²) in [5.74, 6) is 0.172. The topological polar surface area (TPSA) is 78.5 Å². The molecule has 1 unspecified atom stereocenters. The molecule has 7 heteroatoms. The van der Waals surface area contributed by atoms with Gasteiger partial charge in [-0.25, -0.2) is 0 Å². The second-order valence-corrected chi connectivity index (χ2v) is 7.72. The number of nitrogens with zero attached hydrogens (tertiary/aromatic N) is 3. The summed E-state index contributed by atoms with van der Waals surface area (Å²) in [6.07, 6.45) is 3.81.